The van der Waals surface area contributed by atoms with Gasteiger partial charge >= 0.3 is 24.1 Å². The number of aliphatic carboxylic acids is 1. The van der Waals surface area contributed by atoms with E-state index in [1.165, 1.54) is 41.7 Å². The summed E-state index contributed by atoms with van der Waals surface area (Å²) in [5, 5.41) is 40.6. The molecule has 0 radical (unpaired) electrons. The number of benzene rings is 2. The number of carbonyl (C=O) groups excluding carboxylic acids is 8. The van der Waals surface area contributed by atoms with Crippen LogP contribution in [0, 0.1) is 18.7 Å². The van der Waals surface area contributed by atoms with Crippen molar-refractivity contribution in [3.05, 3.63) is 104 Å². The lowest BCUT2D eigenvalue weighted by atomic mass is 9.81. The molecule has 4 aromatic rings. The van der Waals surface area contributed by atoms with Gasteiger partial charge in [0.15, 0.2) is 5.60 Å². The molecule has 8 rings (SSSR count). The first-order chi connectivity index (χ1) is 47.6. The summed E-state index contributed by atoms with van der Waals surface area (Å²) in [5.41, 5.74) is 6.37. The van der Waals surface area contributed by atoms with E-state index >= 15 is 4.39 Å². The van der Waals surface area contributed by atoms with Gasteiger partial charge in [0.05, 0.1) is 94.0 Å². The Balaban J connectivity index is 0.779. The van der Waals surface area contributed by atoms with Crippen LogP contribution in [0.3, 0.4) is 0 Å². The molecular formula is C69H91FN10O19. The fraction of sp³-hybridized carbons (Fsp3) is 0.551. The molecule has 0 bridgehead atoms. The second kappa shape index (κ2) is 36.8. The SMILES string of the molecule is CC[C@@]1(O)C(=O)OCc2c1cc1n(c2=O)Cc2c-1nc1cc(F)c(C)c3c1c2[C@@H](NC(=O)[C@H](CCC(=O)O)NC(=O)OCc1ccc(NC(=O)[C@H](CCCNC(N)=O)NC(=O)[C@@H](NC(=O)CCOCCOCCOCCOCCNC(=O)COC2/C=C\CCCCC2)C(C)C)cc1)CC3. The zero-order valence-electron chi connectivity index (χ0n) is 56.4. The van der Waals surface area contributed by atoms with Crippen molar-refractivity contribution in [2.24, 2.45) is 11.7 Å². The number of nitrogens with zero attached hydrogens (tertiary/aromatic N) is 2. The minimum absolute atomic E-state index is 0.00629. The van der Waals surface area contributed by atoms with Crippen molar-refractivity contribution in [1.29, 1.82) is 0 Å². The zero-order chi connectivity index (χ0) is 71.2. The van der Waals surface area contributed by atoms with E-state index in [0.717, 1.165) is 19.3 Å². The first-order valence-electron chi connectivity index (χ1n) is 33.7. The average Bonchev–Trinajstić information content (AvgIpc) is 1.56. The summed E-state index contributed by atoms with van der Waals surface area (Å²) in [7, 11) is 0. The maximum absolute atomic E-state index is 15.6. The Labute approximate surface area is 571 Å². The van der Waals surface area contributed by atoms with Gasteiger partial charge < -0.3 is 90.9 Å². The zero-order valence-corrected chi connectivity index (χ0v) is 56.4. The van der Waals surface area contributed by atoms with E-state index in [1.54, 1.807) is 39.8 Å². The number of esters is 1. The number of halogens is 1. The lowest BCUT2D eigenvalue weighted by Crippen LogP contribution is -2.54. The molecule has 2 aliphatic heterocycles. The maximum atomic E-state index is 15.6. The number of anilines is 1. The van der Waals surface area contributed by atoms with Crippen LogP contribution >= 0.6 is 0 Å². The van der Waals surface area contributed by atoms with Crippen molar-refractivity contribution in [3.63, 3.8) is 0 Å². The van der Waals surface area contributed by atoms with Gasteiger partial charge in [0.1, 0.15) is 43.8 Å². The highest BCUT2D eigenvalue weighted by Gasteiger charge is 2.46. The Morgan fingerprint density at radius 3 is 2.20 bits per heavy atom. The molecule has 29 nitrogen and oxygen atoms in total. The summed E-state index contributed by atoms with van der Waals surface area (Å²) in [6.45, 7) is 8.50. The normalized spacial score (nSPS) is 18.0. The number of hydrogen-bond donors (Lipinski definition) is 10. The van der Waals surface area contributed by atoms with E-state index in [1.807, 2.05) is 6.08 Å². The van der Waals surface area contributed by atoms with Crippen molar-refractivity contribution in [3.8, 4) is 11.4 Å². The van der Waals surface area contributed by atoms with Crippen LogP contribution in [0.4, 0.5) is 19.7 Å². The van der Waals surface area contributed by atoms with E-state index in [9.17, 15) is 58.2 Å². The Kier molecular flexibility index (Phi) is 28.2. The summed E-state index contributed by atoms with van der Waals surface area (Å²) in [4.78, 5) is 136. The molecule has 2 aliphatic carbocycles. The van der Waals surface area contributed by atoms with Gasteiger partial charge in [-0.15, -0.1) is 0 Å². The predicted octanol–water partition coefficient (Wildman–Crippen LogP) is 4.28. The van der Waals surface area contributed by atoms with Crippen molar-refractivity contribution in [1.82, 2.24) is 41.5 Å². The molecule has 8 amide bonds. The highest BCUT2D eigenvalue weighted by Crippen LogP contribution is 2.46. The summed E-state index contributed by atoms with van der Waals surface area (Å²) in [6, 6.07) is 3.68. The van der Waals surface area contributed by atoms with E-state index in [2.05, 4.69) is 43.3 Å². The summed E-state index contributed by atoms with van der Waals surface area (Å²) in [5.74, 6) is -5.77. The number of amides is 8. The molecule has 30 heteroatoms. The highest BCUT2D eigenvalue weighted by atomic mass is 19.1. The molecule has 2 aromatic carbocycles. The predicted molar refractivity (Wildman–Crippen MR) is 356 cm³/mol. The number of aryl methyl sites for hydroxylation is 1. The fourth-order valence-electron chi connectivity index (χ4n) is 12.3. The van der Waals surface area contributed by atoms with E-state index in [-0.39, 0.29) is 137 Å². The Morgan fingerprint density at radius 1 is 0.798 bits per heavy atom. The molecule has 1 unspecified atom stereocenters. The van der Waals surface area contributed by atoms with Crippen LogP contribution in [-0.2, 0) is 98.5 Å². The number of aromatic nitrogens is 2. The number of urea groups is 1. The van der Waals surface area contributed by atoms with Crippen molar-refractivity contribution in [2.45, 2.75) is 167 Å². The Hall–Kier alpha value is -8.94. The average molecular weight is 1380 g/mol. The summed E-state index contributed by atoms with van der Waals surface area (Å²) >= 11 is 0. The van der Waals surface area contributed by atoms with Gasteiger partial charge in [0.25, 0.3) is 5.56 Å². The molecule has 99 heavy (non-hydrogen) atoms. The third-order valence-corrected chi connectivity index (χ3v) is 17.7. The number of rotatable bonds is 37. The number of carboxylic acid groups (broad SMARTS) is 1. The number of carbonyl (C=O) groups is 9. The number of primary amides is 1. The lowest BCUT2D eigenvalue weighted by molar-refractivity contribution is -0.172. The molecule has 2 aromatic heterocycles. The van der Waals surface area contributed by atoms with Crippen molar-refractivity contribution in [2.75, 3.05) is 77.9 Å². The molecule has 0 fully saturated rings. The number of nitrogens with one attached hydrogen (secondary N) is 7. The standard InChI is InChI=1S/C69H91FN10O19/c1-5-69(92)48-34-54-61-46(36-80(54)65(88)47(48)38-98-66(69)89)59-50(20-19-45-41(4)49(70)35-53(75-61)58(45)59)76-63(86)52(21-22-57(83)84)78-68(91)99-37-42-15-17-43(18-16-42)74-62(85)51(14-11-24-73-67(71)90)77-64(87)60(40(2)3)79-55(81)23-26-93-28-30-95-32-33-96-31-29-94-27-25-72-56(82)39-97-44-12-9-7-6-8-10-13-44/h9,12,15-18,34-35,40,44,50-52,60,92H,5-8,10-11,13-14,19-33,36-39H2,1-4H3,(H,72,82)(H,74,85)(H,76,86)(H,77,87)(H,78,91)(H,79,81)(H,83,84)(H3,71,73,90)/b12-9-/t44?,50-,51-,52-,60-,69-/m0/s1. The third-order valence-electron chi connectivity index (χ3n) is 17.7. The second-order valence-electron chi connectivity index (χ2n) is 25.1. The quantitative estimate of drug-likeness (QED) is 0.0151. The number of carboxylic acids is 1. The number of ether oxygens (including phenoxy) is 7. The second-order valence-corrected chi connectivity index (χ2v) is 25.1. The maximum Gasteiger partial charge on any atom is 0.408 e. The molecule has 4 heterocycles. The monoisotopic (exact) mass is 1380 g/mol. The van der Waals surface area contributed by atoms with Crippen LogP contribution in [0.2, 0.25) is 0 Å². The van der Waals surface area contributed by atoms with Gasteiger partial charge in [0, 0.05) is 54.2 Å². The van der Waals surface area contributed by atoms with Crippen molar-refractivity contribution >= 4 is 70.2 Å². The molecular weight excluding hydrogens is 1290 g/mol. The molecule has 0 spiro atoms. The third kappa shape index (κ3) is 20.8. The number of alkyl carbamates (subject to hydrolysis) is 1. The number of aliphatic hydroxyl groups is 1. The summed E-state index contributed by atoms with van der Waals surface area (Å²) < 4.78 is 55.6. The van der Waals surface area contributed by atoms with Gasteiger partial charge in [0.2, 0.25) is 29.5 Å². The van der Waals surface area contributed by atoms with Gasteiger partial charge in [-0.05, 0) is 111 Å². The number of fused-ring (bicyclic) bond motifs is 5. The number of allylic oxidation sites excluding steroid dienone is 1. The molecule has 538 valence electrons. The first-order valence-corrected chi connectivity index (χ1v) is 33.7. The van der Waals surface area contributed by atoms with E-state index in [0.29, 0.717) is 79.2 Å². The van der Waals surface area contributed by atoms with Crippen LogP contribution in [-0.4, -0.2) is 170 Å². The van der Waals surface area contributed by atoms with Gasteiger partial charge in [-0.3, -0.25) is 33.6 Å². The van der Waals surface area contributed by atoms with E-state index < -0.39 is 101 Å². The lowest BCUT2D eigenvalue weighted by Gasteiger charge is -2.31. The highest BCUT2D eigenvalue weighted by molar-refractivity contribution is 5.99. The minimum atomic E-state index is -2.11. The minimum Gasteiger partial charge on any atom is -0.481 e. The van der Waals surface area contributed by atoms with Crippen LogP contribution in [0.1, 0.15) is 143 Å². The number of cyclic esters (lactones) is 1. The molecule has 0 saturated carbocycles. The molecule has 4 aliphatic rings. The topological polar surface area (TPSA) is 404 Å². The Bertz CT molecular complexity index is 3660. The molecule has 6 atom stereocenters. The van der Waals surface area contributed by atoms with Crippen molar-refractivity contribution < 1.29 is 90.9 Å². The van der Waals surface area contributed by atoms with Gasteiger partial charge in [-0.25, -0.2) is 23.8 Å². The van der Waals surface area contributed by atoms with E-state index in [4.69, 9.17) is 43.9 Å². The smallest absolute Gasteiger partial charge is 0.408 e. The molecule has 11 N–H and O–H groups in total. The Morgan fingerprint density at radius 2 is 1.51 bits per heavy atom. The van der Waals surface area contributed by atoms with Crippen LogP contribution in [0.15, 0.2) is 53.3 Å². The molecule has 0 saturated heterocycles. The largest absolute Gasteiger partial charge is 0.481 e. The van der Waals surface area contributed by atoms with Gasteiger partial charge in [-0.1, -0.05) is 57.9 Å². The first kappa shape index (κ1) is 75.8. The summed E-state index contributed by atoms with van der Waals surface area (Å²) in [6.07, 6.45) is 8.23. The van der Waals surface area contributed by atoms with Gasteiger partial charge in [-0.2, -0.15) is 0 Å². The van der Waals surface area contributed by atoms with Crippen LogP contribution in [0.5, 0.6) is 0 Å². The number of pyridine rings is 2. The van der Waals surface area contributed by atoms with Crippen LogP contribution in [0.25, 0.3) is 22.3 Å². The fourth-order valence-corrected chi connectivity index (χ4v) is 12.3. The number of hydrogen-bond acceptors (Lipinski definition) is 19. The number of nitrogens with two attached hydrogens (primary N) is 1. The van der Waals surface area contributed by atoms with Crippen LogP contribution < -0.4 is 48.5 Å².